The van der Waals surface area contributed by atoms with Gasteiger partial charge in [0.2, 0.25) is 5.88 Å². The minimum Gasteiger partial charge on any atom is -0.480 e. The van der Waals surface area contributed by atoms with E-state index in [-0.39, 0.29) is 0 Å². The predicted octanol–water partition coefficient (Wildman–Crippen LogP) is 2.15. The lowest BCUT2D eigenvalue weighted by Crippen LogP contribution is -2.07. The molecule has 0 bridgehead atoms. The van der Waals surface area contributed by atoms with E-state index in [0.717, 1.165) is 35.9 Å². The van der Waals surface area contributed by atoms with E-state index in [1.807, 2.05) is 0 Å². The molecule has 0 fully saturated rings. The van der Waals surface area contributed by atoms with Gasteiger partial charge in [-0.1, -0.05) is 19.8 Å². The second-order valence-electron chi connectivity index (χ2n) is 3.35. The molecule has 0 aromatic carbocycles. The van der Waals surface area contributed by atoms with Gasteiger partial charge in [-0.3, -0.25) is 0 Å². The second kappa shape index (κ2) is 5.38. The van der Waals surface area contributed by atoms with Gasteiger partial charge < -0.3 is 9.84 Å². The monoisotopic (exact) mass is 212 g/mol. The van der Waals surface area contributed by atoms with Crippen LogP contribution in [0.4, 0.5) is 4.79 Å². The van der Waals surface area contributed by atoms with Gasteiger partial charge in [-0.15, -0.1) is 5.10 Å². The molecule has 0 radical (unpaired) electrons. The highest BCUT2D eigenvalue weighted by molar-refractivity contribution is 5.67. The van der Waals surface area contributed by atoms with E-state index in [2.05, 4.69) is 12.0 Å². The van der Waals surface area contributed by atoms with Gasteiger partial charge >= 0.3 is 6.09 Å². The van der Waals surface area contributed by atoms with E-state index in [1.54, 1.807) is 0 Å². The minimum atomic E-state index is -1.09. The number of hydrogen-bond donors (Lipinski definition) is 1. The van der Waals surface area contributed by atoms with Crippen molar-refractivity contribution in [2.24, 2.45) is 0 Å². The fraction of sp³-hybridized carbons (Fsp3) is 0.600. The fourth-order valence-electron chi connectivity index (χ4n) is 1.40. The zero-order chi connectivity index (χ0) is 11.3. The van der Waals surface area contributed by atoms with Crippen molar-refractivity contribution in [3.63, 3.8) is 0 Å². The summed E-state index contributed by atoms with van der Waals surface area (Å²) in [5.41, 5.74) is 0.855. The summed E-state index contributed by atoms with van der Waals surface area (Å²) < 4.78 is 5.90. The molecular formula is C10H16N2O3. The number of aryl methyl sites for hydroxylation is 1. The number of carboxylic acid groups (broad SMARTS) is 1. The summed E-state index contributed by atoms with van der Waals surface area (Å²) in [5, 5.41) is 12.5. The first kappa shape index (κ1) is 11.6. The Kier molecular flexibility index (Phi) is 4.15. The zero-order valence-corrected chi connectivity index (χ0v) is 9.06. The summed E-state index contributed by atoms with van der Waals surface area (Å²) in [5.74, 6) is 0.411. The molecule has 15 heavy (non-hydrogen) atoms. The zero-order valence-electron chi connectivity index (χ0n) is 9.06. The number of methoxy groups -OCH3 is 1. The van der Waals surface area contributed by atoms with Crippen molar-refractivity contribution in [2.75, 3.05) is 7.11 Å². The third-order valence-corrected chi connectivity index (χ3v) is 2.19. The number of carbonyl (C=O) groups is 1. The maximum atomic E-state index is 10.7. The summed E-state index contributed by atoms with van der Waals surface area (Å²) in [4.78, 5) is 10.7. The van der Waals surface area contributed by atoms with Crippen LogP contribution in [0.25, 0.3) is 0 Å². The normalized spacial score (nSPS) is 10.3. The Morgan fingerprint density at radius 3 is 2.87 bits per heavy atom. The van der Waals surface area contributed by atoms with E-state index < -0.39 is 6.09 Å². The van der Waals surface area contributed by atoms with Crippen LogP contribution in [0.2, 0.25) is 0 Å². The van der Waals surface area contributed by atoms with Crippen LogP contribution in [0, 0.1) is 0 Å². The third kappa shape index (κ3) is 2.97. The van der Waals surface area contributed by atoms with E-state index in [4.69, 9.17) is 9.84 Å². The fourth-order valence-corrected chi connectivity index (χ4v) is 1.40. The van der Waals surface area contributed by atoms with Crippen LogP contribution < -0.4 is 4.74 Å². The van der Waals surface area contributed by atoms with Crippen LogP contribution in [0.3, 0.4) is 0 Å². The summed E-state index contributed by atoms with van der Waals surface area (Å²) >= 11 is 0. The molecule has 1 aromatic rings. The third-order valence-electron chi connectivity index (χ3n) is 2.19. The number of hydrogen-bond acceptors (Lipinski definition) is 3. The quantitative estimate of drug-likeness (QED) is 0.759. The standard InChI is InChI=1S/C10H16N2O3/c1-3-4-5-6-8-7-12(10(13)14)11-9(8)15-2/h7H,3-6H2,1-2H3,(H,13,14). The lowest BCUT2D eigenvalue weighted by atomic mass is 10.1. The number of ether oxygens (including phenoxy) is 1. The van der Waals surface area contributed by atoms with Gasteiger partial charge in [0.05, 0.1) is 7.11 Å². The highest BCUT2D eigenvalue weighted by Gasteiger charge is 2.12. The minimum absolute atomic E-state index is 0.411. The van der Waals surface area contributed by atoms with Gasteiger partial charge in [0, 0.05) is 11.8 Å². The summed E-state index contributed by atoms with van der Waals surface area (Å²) in [7, 11) is 1.50. The van der Waals surface area contributed by atoms with Gasteiger partial charge in [-0.25, -0.2) is 4.79 Å². The van der Waals surface area contributed by atoms with Crippen molar-refractivity contribution in [1.82, 2.24) is 9.78 Å². The Balaban J connectivity index is 2.72. The van der Waals surface area contributed by atoms with E-state index >= 15 is 0 Å². The Hall–Kier alpha value is -1.52. The maximum absolute atomic E-state index is 10.7. The van der Waals surface area contributed by atoms with Gasteiger partial charge in [-0.05, 0) is 12.8 Å². The first-order valence-electron chi connectivity index (χ1n) is 5.04. The van der Waals surface area contributed by atoms with Crippen LogP contribution in [0.5, 0.6) is 5.88 Å². The number of unbranched alkanes of at least 4 members (excludes halogenated alkanes) is 2. The molecule has 5 heteroatoms. The van der Waals surface area contributed by atoms with Gasteiger partial charge in [0.15, 0.2) is 0 Å². The van der Waals surface area contributed by atoms with Gasteiger partial charge in [0.1, 0.15) is 0 Å². The number of nitrogens with zero attached hydrogens (tertiary/aromatic N) is 2. The van der Waals surface area contributed by atoms with Gasteiger partial charge in [0.25, 0.3) is 0 Å². The second-order valence-corrected chi connectivity index (χ2v) is 3.35. The number of rotatable bonds is 5. The smallest absolute Gasteiger partial charge is 0.432 e. The molecule has 0 saturated heterocycles. The predicted molar refractivity (Wildman–Crippen MR) is 55.4 cm³/mol. The van der Waals surface area contributed by atoms with Crippen molar-refractivity contribution in [2.45, 2.75) is 32.6 Å². The Morgan fingerprint density at radius 2 is 2.33 bits per heavy atom. The van der Waals surface area contributed by atoms with Crippen molar-refractivity contribution < 1.29 is 14.6 Å². The Labute approximate surface area is 88.7 Å². The molecular weight excluding hydrogens is 196 g/mol. The summed E-state index contributed by atoms with van der Waals surface area (Å²) in [6, 6.07) is 0. The molecule has 0 unspecified atom stereocenters. The molecule has 1 rings (SSSR count). The average Bonchev–Trinajstić information content (AvgIpc) is 2.62. The molecule has 1 N–H and O–H groups in total. The molecule has 0 aliphatic heterocycles. The Morgan fingerprint density at radius 1 is 1.60 bits per heavy atom. The highest BCUT2D eigenvalue weighted by atomic mass is 16.5. The molecule has 5 nitrogen and oxygen atoms in total. The highest BCUT2D eigenvalue weighted by Crippen LogP contribution is 2.18. The first-order chi connectivity index (χ1) is 7.19. The van der Waals surface area contributed by atoms with Crippen molar-refractivity contribution in [1.29, 1.82) is 0 Å². The van der Waals surface area contributed by atoms with Gasteiger partial charge in [-0.2, -0.15) is 4.68 Å². The molecule has 0 aliphatic carbocycles. The molecule has 84 valence electrons. The largest absolute Gasteiger partial charge is 0.480 e. The Bertz CT molecular complexity index is 333. The molecule has 0 atom stereocenters. The van der Waals surface area contributed by atoms with Crippen LogP contribution in [-0.2, 0) is 6.42 Å². The topological polar surface area (TPSA) is 64.4 Å². The molecule has 0 amide bonds. The lowest BCUT2D eigenvalue weighted by molar-refractivity contribution is 0.192. The molecule has 0 aliphatic rings. The van der Waals surface area contributed by atoms with Crippen LogP contribution >= 0.6 is 0 Å². The van der Waals surface area contributed by atoms with Crippen molar-refractivity contribution in [3.05, 3.63) is 11.8 Å². The molecule has 0 spiro atoms. The van der Waals surface area contributed by atoms with Crippen molar-refractivity contribution >= 4 is 6.09 Å². The molecule has 1 aromatic heterocycles. The average molecular weight is 212 g/mol. The summed E-state index contributed by atoms with van der Waals surface area (Å²) in [6.45, 7) is 2.12. The lowest BCUT2D eigenvalue weighted by Gasteiger charge is -1.98. The van der Waals surface area contributed by atoms with Crippen molar-refractivity contribution in [3.8, 4) is 5.88 Å². The van der Waals surface area contributed by atoms with E-state index in [1.165, 1.54) is 13.3 Å². The first-order valence-corrected chi connectivity index (χ1v) is 5.04. The summed E-state index contributed by atoms with van der Waals surface area (Å²) in [6.07, 6.45) is 4.52. The van der Waals surface area contributed by atoms with Crippen LogP contribution in [0.1, 0.15) is 31.7 Å². The van der Waals surface area contributed by atoms with E-state index in [9.17, 15) is 4.79 Å². The SMILES string of the molecule is CCCCCc1cn(C(=O)O)nc1OC. The van der Waals surface area contributed by atoms with Crippen LogP contribution in [0.15, 0.2) is 6.20 Å². The van der Waals surface area contributed by atoms with Crippen LogP contribution in [-0.4, -0.2) is 28.1 Å². The molecule has 0 saturated carbocycles. The van der Waals surface area contributed by atoms with E-state index in [0.29, 0.717) is 5.88 Å². The maximum Gasteiger partial charge on any atom is 0.432 e. The molecule has 1 heterocycles. The number of aromatic nitrogens is 2.